The van der Waals surface area contributed by atoms with Gasteiger partial charge in [-0.25, -0.2) is 0 Å². The molecule has 0 saturated heterocycles. The predicted molar refractivity (Wildman–Crippen MR) is 134 cm³/mol. The van der Waals surface area contributed by atoms with E-state index < -0.39 is 10.7 Å². The van der Waals surface area contributed by atoms with Gasteiger partial charge in [-0.05, 0) is 56.2 Å². The minimum atomic E-state index is -0.888. The second-order valence-electron chi connectivity index (χ2n) is 9.06. The third kappa shape index (κ3) is 7.07. The van der Waals surface area contributed by atoms with E-state index in [0.717, 1.165) is 21.8 Å². The van der Waals surface area contributed by atoms with Crippen LogP contribution in [0.15, 0.2) is 80.8 Å². The third-order valence-electron chi connectivity index (χ3n) is 5.49. The smallest absolute Gasteiger partial charge is 0.319 e. The molecule has 0 fully saturated rings. The largest absolute Gasteiger partial charge is 0.480 e. The molecule has 0 radical (unpaired) electrons. The summed E-state index contributed by atoms with van der Waals surface area (Å²) in [5.74, 6) is 1.22. The van der Waals surface area contributed by atoms with Crippen LogP contribution in [0.4, 0.5) is 0 Å². The van der Waals surface area contributed by atoms with Crippen molar-refractivity contribution in [2.24, 2.45) is 0 Å². The number of furan rings is 1. The van der Waals surface area contributed by atoms with Crippen molar-refractivity contribution in [1.82, 2.24) is 15.0 Å². The molecule has 2 aromatic heterocycles. The monoisotopic (exact) mass is 491 g/mol. The zero-order valence-electron chi connectivity index (χ0n) is 20.1. The summed E-state index contributed by atoms with van der Waals surface area (Å²) >= 11 is 1.33. The fourth-order valence-electron chi connectivity index (χ4n) is 3.67. The van der Waals surface area contributed by atoms with Crippen LogP contribution in [-0.2, 0) is 30.8 Å². The first-order chi connectivity index (χ1) is 16.8. The van der Waals surface area contributed by atoms with Crippen LogP contribution in [0.3, 0.4) is 0 Å². The second kappa shape index (κ2) is 10.9. The standard InChI is InChI=1S/C27H29N3O4S/c1-19-6-4-7-21(14-19)15-24-28-25(34-29-24)18-30(17-22-8-5-13-33-22)16-20-9-11-23(12-10-20)35-27(2,3)26(31)32/h4-14H,15-18H2,1-3H3,(H,31,32). The van der Waals surface area contributed by atoms with Gasteiger partial charge < -0.3 is 14.0 Å². The van der Waals surface area contributed by atoms with Gasteiger partial charge in [-0.2, -0.15) is 4.98 Å². The first kappa shape index (κ1) is 24.8. The van der Waals surface area contributed by atoms with E-state index in [9.17, 15) is 9.90 Å². The van der Waals surface area contributed by atoms with Gasteiger partial charge in [0.1, 0.15) is 10.5 Å². The summed E-state index contributed by atoms with van der Waals surface area (Å²) in [5, 5.41) is 13.5. The maximum atomic E-state index is 11.4. The van der Waals surface area contributed by atoms with Gasteiger partial charge in [0, 0.05) is 17.9 Å². The van der Waals surface area contributed by atoms with Crippen molar-refractivity contribution in [2.45, 2.75) is 56.5 Å². The quantitative estimate of drug-likeness (QED) is 0.266. The molecule has 182 valence electrons. The lowest BCUT2D eigenvalue weighted by molar-refractivity contribution is -0.138. The summed E-state index contributed by atoms with van der Waals surface area (Å²) < 4.78 is 10.2. The number of aryl methyl sites for hydroxylation is 1. The fourth-order valence-corrected chi connectivity index (χ4v) is 4.62. The number of thioether (sulfide) groups is 1. The topological polar surface area (TPSA) is 92.6 Å². The molecular weight excluding hydrogens is 462 g/mol. The molecule has 0 bridgehead atoms. The Bertz CT molecular complexity index is 1250. The molecule has 0 saturated carbocycles. The number of carbonyl (C=O) groups is 1. The van der Waals surface area contributed by atoms with Crippen LogP contribution >= 0.6 is 11.8 Å². The zero-order valence-corrected chi connectivity index (χ0v) is 20.9. The number of carboxylic acids is 1. The Kier molecular flexibility index (Phi) is 7.73. The van der Waals surface area contributed by atoms with Gasteiger partial charge in [0.05, 0.1) is 19.4 Å². The van der Waals surface area contributed by atoms with Gasteiger partial charge in [-0.1, -0.05) is 47.1 Å². The maximum absolute atomic E-state index is 11.4. The van der Waals surface area contributed by atoms with Crippen molar-refractivity contribution in [3.05, 3.63) is 101 Å². The highest BCUT2D eigenvalue weighted by Crippen LogP contribution is 2.32. The molecule has 0 aliphatic heterocycles. The van der Waals surface area contributed by atoms with Crippen LogP contribution in [-0.4, -0.2) is 30.9 Å². The average Bonchev–Trinajstić information content (AvgIpc) is 3.47. The van der Waals surface area contributed by atoms with Gasteiger partial charge in [0.25, 0.3) is 0 Å². The van der Waals surface area contributed by atoms with Crippen molar-refractivity contribution >= 4 is 17.7 Å². The minimum absolute atomic E-state index is 0.476. The molecular formula is C27H29N3O4S. The van der Waals surface area contributed by atoms with E-state index in [2.05, 4.69) is 40.2 Å². The summed E-state index contributed by atoms with van der Waals surface area (Å²) in [6.45, 7) is 7.18. The zero-order chi connectivity index (χ0) is 24.8. The first-order valence-corrected chi connectivity index (χ1v) is 12.2. The number of hydrogen-bond acceptors (Lipinski definition) is 7. The molecule has 4 rings (SSSR count). The van der Waals surface area contributed by atoms with Crippen molar-refractivity contribution < 1.29 is 18.8 Å². The van der Waals surface area contributed by atoms with Gasteiger partial charge >= 0.3 is 5.97 Å². The molecule has 0 aliphatic carbocycles. The molecule has 1 N–H and O–H groups in total. The number of rotatable bonds is 11. The van der Waals surface area contributed by atoms with Crippen molar-refractivity contribution in [3.8, 4) is 0 Å². The molecule has 8 heteroatoms. The number of carboxylic acid groups (broad SMARTS) is 1. The SMILES string of the molecule is Cc1cccc(Cc2noc(CN(Cc3ccc(SC(C)(C)C(=O)O)cc3)Cc3ccco3)n2)c1. The molecule has 35 heavy (non-hydrogen) atoms. The Balaban J connectivity index is 1.44. The molecule has 0 amide bonds. The van der Waals surface area contributed by atoms with Crippen LogP contribution in [0.1, 0.15) is 48.0 Å². The Hall–Kier alpha value is -3.36. The van der Waals surface area contributed by atoms with E-state index in [-0.39, 0.29) is 0 Å². The van der Waals surface area contributed by atoms with E-state index in [1.165, 1.54) is 17.3 Å². The fraction of sp³-hybridized carbons (Fsp3) is 0.296. The summed E-state index contributed by atoms with van der Waals surface area (Å²) in [7, 11) is 0. The lowest BCUT2D eigenvalue weighted by Gasteiger charge is -2.20. The van der Waals surface area contributed by atoms with Gasteiger partial charge in [-0.15, -0.1) is 11.8 Å². The van der Waals surface area contributed by atoms with E-state index in [4.69, 9.17) is 8.94 Å². The lowest BCUT2D eigenvalue weighted by atomic mass is 10.1. The maximum Gasteiger partial charge on any atom is 0.319 e. The Morgan fingerprint density at radius 1 is 1.03 bits per heavy atom. The summed E-state index contributed by atoms with van der Waals surface area (Å²) in [5.41, 5.74) is 3.44. The van der Waals surface area contributed by atoms with Crippen LogP contribution < -0.4 is 0 Å². The predicted octanol–water partition coefficient (Wildman–Crippen LogP) is 5.72. The van der Waals surface area contributed by atoms with Gasteiger partial charge in [0.2, 0.25) is 5.89 Å². The van der Waals surface area contributed by atoms with E-state index in [1.54, 1.807) is 20.1 Å². The highest BCUT2D eigenvalue weighted by Gasteiger charge is 2.28. The number of benzene rings is 2. The molecule has 0 unspecified atom stereocenters. The molecule has 2 heterocycles. The Labute approximate surface area is 209 Å². The van der Waals surface area contributed by atoms with Crippen molar-refractivity contribution in [2.75, 3.05) is 0 Å². The molecule has 7 nitrogen and oxygen atoms in total. The van der Waals surface area contributed by atoms with Gasteiger partial charge in [-0.3, -0.25) is 9.69 Å². The van der Waals surface area contributed by atoms with Crippen LogP contribution in [0.2, 0.25) is 0 Å². The Morgan fingerprint density at radius 2 is 1.83 bits per heavy atom. The van der Waals surface area contributed by atoms with Gasteiger partial charge in [0.15, 0.2) is 5.82 Å². The van der Waals surface area contributed by atoms with E-state index >= 15 is 0 Å². The highest BCUT2D eigenvalue weighted by atomic mass is 32.2. The highest BCUT2D eigenvalue weighted by molar-refractivity contribution is 8.01. The molecule has 0 spiro atoms. The number of aromatic nitrogens is 2. The summed E-state index contributed by atoms with van der Waals surface area (Å²) in [6, 6.07) is 20.1. The molecule has 4 aromatic rings. The number of nitrogens with zero attached hydrogens (tertiary/aromatic N) is 3. The lowest BCUT2D eigenvalue weighted by Crippen LogP contribution is -2.26. The average molecular weight is 492 g/mol. The summed E-state index contributed by atoms with van der Waals surface area (Å²) in [4.78, 5) is 19.1. The van der Waals surface area contributed by atoms with E-state index in [0.29, 0.717) is 37.8 Å². The molecule has 0 atom stereocenters. The first-order valence-electron chi connectivity index (χ1n) is 11.4. The number of hydrogen-bond donors (Lipinski definition) is 1. The van der Waals surface area contributed by atoms with Crippen LogP contribution in [0, 0.1) is 6.92 Å². The molecule has 2 aromatic carbocycles. The van der Waals surface area contributed by atoms with Crippen molar-refractivity contribution in [3.63, 3.8) is 0 Å². The van der Waals surface area contributed by atoms with E-state index in [1.807, 2.05) is 42.5 Å². The minimum Gasteiger partial charge on any atom is -0.480 e. The molecule has 0 aliphatic rings. The summed E-state index contributed by atoms with van der Waals surface area (Å²) in [6.07, 6.45) is 2.28. The Morgan fingerprint density at radius 3 is 2.51 bits per heavy atom. The third-order valence-corrected chi connectivity index (χ3v) is 6.68. The van der Waals surface area contributed by atoms with Crippen LogP contribution in [0.5, 0.6) is 0 Å². The van der Waals surface area contributed by atoms with Crippen LogP contribution in [0.25, 0.3) is 0 Å². The second-order valence-corrected chi connectivity index (χ2v) is 10.8. The normalized spacial score (nSPS) is 11.8. The number of aliphatic carboxylic acids is 1. The van der Waals surface area contributed by atoms with Crippen molar-refractivity contribution in [1.29, 1.82) is 0 Å².